The third-order valence-electron chi connectivity index (χ3n) is 4.40. The molecule has 0 aliphatic heterocycles. The number of phenols is 1. The van der Waals surface area contributed by atoms with E-state index in [0.29, 0.717) is 11.7 Å². The van der Waals surface area contributed by atoms with Gasteiger partial charge in [0.15, 0.2) is 0 Å². The summed E-state index contributed by atoms with van der Waals surface area (Å²) in [5.41, 5.74) is 0.855. The first kappa shape index (κ1) is 14.1. The molecule has 1 aromatic heterocycles. The number of nitrogens with one attached hydrogen (secondary N) is 1. The summed E-state index contributed by atoms with van der Waals surface area (Å²) >= 11 is 0. The normalized spacial score (nSPS) is 17.8. The van der Waals surface area contributed by atoms with E-state index < -0.39 is 0 Å². The molecule has 112 valence electrons. The van der Waals surface area contributed by atoms with Crippen molar-refractivity contribution in [2.24, 2.45) is 0 Å². The van der Waals surface area contributed by atoms with E-state index in [4.69, 9.17) is 4.52 Å². The lowest BCUT2D eigenvalue weighted by Gasteiger charge is -2.36. The summed E-state index contributed by atoms with van der Waals surface area (Å²) in [6.07, 6.45) is 6.85. The first-order valence-electron chi connectivity index (χ1n) is 7.52. The zero-order chi connectivity index (χ0) is 14.7. The predicted molar refractivity (Wildman–Crippen MR) is 80.0 cm³/mol. The van der Waals surface area contributed by atoms with Crippen LogP contribution >= 0.6 is 0 Å². The molecule has 3 rings (SSSR count). The SMILES string of the molecule is CNC1(Cc2nc(-c3cccc(O)c3)no2)CCCCC1. The van der Waals surface area contributed by atoms with Crippen molar-refractivity contribution in [1.29, 1.82) is 0 Å². The fourth-order valence-corrected chi connectivity index (χ4v) is 3.12. The number of hydrogen-bond donors (Lipinski definition) is 2. The molecule has 5 nitrogen and oxygen atoms in total. The van der Waals surface area contributed by atoms with Gasteiger partial charge in [-0.15, -0.1) is 0 Å². The fraction of sp³-hybridized carbons (Fsp3) is 0.500. The highest BCUT2D eigenvalue weighted by molar-refractivity contribution is 5.56. The first-order valence-corrected chi connectivity index (χ1v) is 7.52. The minimum Gasteiger partial charge on any atom is -0.508 e. The van der Waals surface area contributed by atoms with E-state index in [1.807, 2.05) is 13.1 Å². The minimum atomic E-state index is 0.0842. The average Bonchev–Trinajstić information content (AvgIpc) is 2.96. The second kappa shape index (κ2) is 5.85. The molecule has 5 heteroatoms. The number of aromatic nitrogens is 2. The van der Waals surface area contributed by atoms with Gasteiger partial charge in [-0.3, -0.25) is 0 Å². The van der Waals surface area contributed by atoms with Gasteiger partial charge < -0.3 is 14.9 Å². The lowest BCUT2D eigenvalue weighted by Crippen LogP contribution is -2.46. The Balaban J connectivity index is 1.78. The number of hydrogen-bond acceptors (Lipinski definition) is 5. The topological polar surface area (TPSA) is 71.2 Å². The van der Waals surface area contributed by atoms with Crippen LogP contribution in [0.25, 0.3) is 11.4 Å². The highest BCUT2D eigenvalue weighted by atomic mass is 16.5. The van der Waals surface area contributed by atoms with Crippen molar-refractivity contribution in [2.45, 2.75) is 44.1 Å². The van der Waals surface area contributed by atoms with Crippen LogP contribution in [0.15, 0.2) is 28.8 Å². The molecule has 0 amide bonds. The van der Waals surface area contributed by atoms with E-state index in [-0.39, 0.29) is 11.3 Å². The van der Waals surface area contributed by atoms with Gasteiger partial charge in [0.1, 0.15) is 5.75 Å². The van der Waals surface area contributed by atoms with Crippen molar-refractivity contribution < 1.29 is 9.63 Å². The predicted octanol–water partition coefficient (Wildman–Crippen LogP) is 2.91. The van der Waals surface area contributed by atoms with Gasteiger partial charge in [-0.1, -0.05) is 36.6 Å². The van der Waals surface area contributed by atoms with Crippen LogP contribution in [-0.4, -0.2) is 27.8 Å². The van der Waals surface area contributed by atoms with E-state index in [9.17, 15) is 5.11 Å². The first-order chi connectivity index (χ1) is 10.2. The summed E-state index contributed by atoms with van der Waals surface area (Å²) < 4.78 is 5.41. The zero-order valence-corrected chi connectivity index (χ0v) is 12.3. The Morgan fingerprint density at radius 1 is 1.29 bits per heavy atom. The molecule has 0 bridgehead atoms. The smallest absolute Gasteiger partial charge is 0.228 e. The van der Waals surface area contributed by atoms with Gasteiger partial charge in [0.2, 0.25) is 11.7 Å². The van der Waals surface area contributed by atoms with Crippen LogP contribution in [-0.2, 0) is 6.42 Å². The van der Waals surface area contributed by atoms with Crippen LogP contribution in [0.2, 0.25) is 0 Å². The van der Waals surface area contributed by atoms with Crippen molar-refractivity contribution >= 4 is 0 Å². The molecule has 2 N–H and O–H groups in total. The van der Waals surface area contributed by atoms with Crippen LogP contribution < -0.4 is 5.32 Å². The molecule has 0 saturated heterocycles. The highest BCUT2D eigenvalue weighted by Crippen LogP contribution is 2.31. The minimum absolute atomic E-state index is 0.0842. The summed E-state index contributed by atoms with van der Waals surface area (Å²) in [6, 6.07) is 6.91. The number of nitrogens with zero attached hydrogens (tertiary/aromatic N) is 2. The third-order valence-corrected chi connectivity index (χ3v) is 4.40. The lowest BCUT2D eigenvalue weighted by molar-refractivity contribution is 0.221. The summed E-state index contributed by atoms with van der Waals surface area (Å²) in [6.45, 7) is 0. The maximum absolute atomic E-state index is 9.53. The molecule has 1 fully saturated rings. The van der Waals surface area contributed by atoms with Gasteiger partial charge in [0.25, 0.3) is 0 Å². The maximum Gasteiger partial charge on any atom is 0.228 e. The Kier molecular flexibility index (Phi) is 3.92. The Morgan fingerprint density at radius 2 is 2.10 bits per heavy atom. The number of phenolic OH excluding ortho intramolecular Hbond substituents is 1. The Labute approximate surface area is 124 Å². The number of likely N-dealkylation sites (N-methyl/N-ethyl adjacent to an activating group) is 1. The van der Waals surface area contributed by atoms with Crippen LogP contribution in [0.5, 0.6) is 5.75 Å². The van der Waals surface area contributed by atoms with Crippen molar-refractivity contribution in [3.05, 3.63) is 30.2 Å². The van der Waals surface area contributed by atoms with E-state index in [1.165, 1.54) is 19.3 Å². The van der Waals surface area contributed by atoms with Gasteiger partial charge in [-0.05, 0) is 32.0 Å². The van der Waals surface area contributed by atoms with Crippen molar-refractivity contribution in [3.63, 3.8) is 0 Å². The van der Waals surface area contributed by atoms with Crippen LogP contribution in [0, 0.1) is 0 Å². The standard InChI is InChI=1S/C16H21N3O2/c1-17-16(8-3-2-4-9-16)11-14-18-15(19-21-14)12-6-5-7-13(20)10-12/h5-7,10,17,20H,2-4,8-9,11H2,1H3. The average molecular weight is 287 g/mol. The molecule has 0 spiro atoms. The molecule has 1 heterocycles. The van der Waals surface area contributed by atoms with Crippen LogP contribution in [0.4, 0.5) is 0 Å². The summed E-state index contributed by atoms with van der Waals surface area (Å²) in [7, 11) is 2.01. The zero-order valence-electron chi connectivity index (χ0n) is 12.3. The van der Waals surface area contributed by atoms with Crippen molar-refractivity contribution in [3.8, 4) is 17.1 Å². The Hall–Kier alpha value is -1.88. The molecule has 1 saturated carbocycles. The lowest BCUT2D eigenvalue weighted by atomic mass is 9.79. The van der Waals surface area contributed by atoms with E-state index in [0.717, 1.165) is 24.8 Å². The molecule has 1 aliphatic carbocycles. The second-order valence-corrected chi connectivity index (χ2v) is 5.83. The molecule has 21 heavy (non-hydrogen) atoms. The molecule has 1 aromatic carbocycles. The van der Waals surface area contributed by atoms with Gasteiger partial charge in [-0.25, -0.2) is 0 Å². The van der Waals surface area contributed by atoms with Crippen molar-refractivity contribution in [1.82, 2.24) is 15.5 Å². The number of rotatable bonds is 4. The molecular formula is C16H21N3O2. The molecule has 1 aliphatic rings. The van der Waals surface area contributed by atoms with Crippen molar-refractivity contribution in [2.75, 3.05) is 7.05 Å². The number of aromatic hydroxyl groups is 1. The van der Waals surface area contributed by atoms with E-state index in [2.05, 4.69) is 15.5 Å². The third kappa shape index (κ3) is 3.08. The van der Waals surface area contributed by atoms with Crippen LogP contribution in [0.1, 0.15) is 38.0 Å². The molecular weight excluding hydrogens is 266 g/mol. The van der Waals surface area contributed by atoms with E-state index in [1.54, 1.807) is 18.2 Å². The quantitative estimate of drug-likeness (QED) is 0.904. The highest BCUT2D eigenvalue weighted by Gasteiger charge is 2.32. The van der Waals surface area contributed by atoms with E-state index >= 15 is 0 Å². The summed E-state index contributed by atoms with van der Waals surface area (Å²) in [4.78, 5) is 4.48. The van der Waals surface area contributed by atoms with Crippen LogP contribution in [0.3, 0.4) is 0 Å². The largest absolute Gasteiger partial charge is 0.508 e. The van der Waals surface area contributed by atoms with Gasteiger partial charge in [0.05, 0.1) is 0 Å². The second-order valence-electron chi connectivity index (χ2n) is 5.83. The summed E-state index contributed by atoms with van der Waals surface area (Å²) in [5, 5.41) is 17.0. The molecule has 0 atom stereocenters. The van der Waals surface area contributed by atoms with Gasteiger partial charge in [0, 0.05) is 17.5 Å². The fourth-order valence-electron chi connectivity index (χ4n) is 3.12. The monoisotopic (exact) mass is 287 g/mol. The Bertz CT molecular complexity index is 603. The maximum atomic E-state index is 9.53. The summed E-state index contributed by atoms with van der Waals surface area (Å²) in [5.74, 6) is 1.39. The number of benzene rings is 1. The molecule has 0 radical (unpaired) electrons. The van der Waals surface area contributed by atoms with Gasteiger partial charge in [-0.2, -0.15) is 4.98 Å². The van der Waals surface area contributed by atoms with Gasteiger partial charge >= 0.3 is 0 Å². The molecule has 0 unspecified atom stereocenters. The molecule has 2 aromatic rings. The Morgan fingerprint density at radius 3 is 2.81 bits per heavy atom.